The molecule has 0 unspecified atom stereocenters. The second-order valence-electron chi connectivity index (χ2n) is 8.28. The van der Waals surface area contributed by atoms with Crippen molar-refractivity contribution in [3.63, 3.8) is 0 Å². The van der Waals surface area contributed by atoms with Crippen LogP contribution in [0.15, 0.2) is 48.5 Å². The van der Waals surface area contributed by atoms with E-state index in [-0.39, 0.29) is 31.3 Å². The molecule has 0 aliphatic carbocycles. The third kappa shape index (κ3) is 9.02. The average molecular weight is 543 g/mol. The number of hydrogen-bond donors (Lipinski definition) is 1. The van der Waals surface area contributed by atoms with Crippen molar-refractivity contribution < 1.29 is 18.0 Å². The van der Waals surface area contributed by atoms with Gasteiger partial charge in [0.05, 0.1) is 11.9 Å². The first-order valence-corrected chi connectivity index (χ1v) is 14.2. The lowest BCUT2D eigenvalue weighted by Gasteiger charge is -2.31. The molecule has 1 atom stereocenters. The molecule has 0 spiro atoms. The number of hydrogen-bond acceptors (Lipinski definition) is 4. The molecule has 7 nitrogen and oxygen atoms in total. The number of benzene rings is 2. The van der Waals surface area contributed by atoms with Crippen LogP contribution in [0.4, 0.5) is 5.69 Å². The minimum Gasteiger partial charge on any atom is -0.354 e. The van der Waals surface area contributed by atoms with Gasteiger partial charge >= 0.3 is 0 Å². The lowest BCUT2D eigenvalue weighted by atomic mass is 10.1. The highest BCUT2D eigenvalue weighted by Crippen LogP contribution is 2.22. The van der Waals surface area contributed by atoms with Crippen LogP contribution in [0.25, 0.3) is 0 Å². The quantitative estimate of drug-likeness (QED) is 0.391. The summed E-state index contributed by atoms with van der Waals surface area (Å²) in [7, 11) is -3.56. The monoisotopic (exact) mass is 541 g/mol. The zero-order valence-electron chi connectivity index (χ0n) is 20.3. The number of nitrogens with zero attached hydrogens (tertiary/aromatic N) is 2. The third-order valence-corrected chi connectivity index (χ3v) is 7.17. The molecule has 0 saturated heterocycles. The van der Waals surface area contributed by atoms with Crippen LogP contribution >= 0.6 is 23.2 Å². The number of carbonyl (C=O) groups excluding carboxylic acids is 2. The van der Waals surface area contributed by atoms with Crippen molar-refractivity contribution in [2.75, 3.05) is 23.7 Å². The van der Waals surface area contributed by atoms with Gasteiger partial charge in [0.25, 0.3) is 0 Å². The van der Waals surface area contributed by atoms with Crippen LogP contribution in [-0.4, -0.2) is 50.5 Å². The predicted octanol–water partition coefficient (Wildman–Crippen LogP) is 4.87. The number of carbonyl (C=O) groups is 2. The molecule has 2 amide bonds. The van der Waals surface area contributed by atoms with Crippen LogP contribution in [-0.2, 0) is 26.2 Å². The Morgan fingerprint density at radius 2 is 1.54 bits per heavy atom. The number of halogens is 2. The number of amides is 2. The van der Waals surface area contributed by atoms with Gasteiger partial charge in [-0.25, -0.2) is 8.42 Å². The number of rotatable bonds is 13. The molecule has 10 heteroatoms. The molecular formula is C25H33Cl2N3O4S. The minimum absolute atomic E-state index is 0.0881. The summed E-state index contributed by atoms with van der Waals surface area (Å²) in [6, 6.07) is 13.0. The van der Waals surface area contributed by atoms with E-state index in [1.165, 1.54) is 4.31 Å². The van der Waals surface area contributed by atoms with E-state index in [1.54, 1.807) is 41.3 Å². The Balaban J connectivity index is 2.18. The average Bonchev–Trinajstić information content (AvgIpc) is 2.81. The molecule has 0 radical (unpaired) electrons. The van der Waals surface area contributed by atoms with Gasteiger partial charge in [-0.3, -0.25) is 13.9 Å². The van der Waals surface area contributed by atoms with Gasteiger partial charge in [-0.2, -0.15) is 0 Å². The van der Waals surface area contributed by atoms with E-state index in [1.807, 2.05) is 26.0 Å². The Bertz CT molecular complexity index is 1080. The zero-order valence-corrected chi connectivity index (χ0v) is 22.7. The Hall–Kier alpha value is -2.29. The minimum atomic E-state index is -3.56. The topological polar surface area (TPSA) is 86.8 Å². The third-order valence-electron chi connectivity index (χ3n) is 5.47. The van der Waals surface area contributed by atoms with Crippen LogP contribution in [0.5, 0.6) is 0 Å². The fourth-order valence-corrected chi connectivity index (χ4v) is 4.90. The second-order valence-corrected chi connectivity index (χ2v) is 11.1. The van der Waals surface area contributed by atoms with E-state index < -0.39 is 16.1 Å². The molecule has 2 aromatic rings. The summed E-state index contributed by atoms with van der Waals surface area (Å²) in [6.07, 6.45) is 2.75. The van der Waals surface area contributed by atoms with E-state index in [0.29, 0.717) is 35.1 Å². The molecule has 192 valence electrons. The van der Waals surface area contributed by atoms with Crippen molar-refractivity contribution in [1.82, 2.24) is 10.2 Å². The largest absolute Gasteiger partial charge is 0.354 e. The highest BCUT2D eigenvalue weighted by Gasteiger charge is 2.28. The summed E-state index contributed by atoms with van der Waals surface area (Å²) in [5, 5.41) is 3.97. The van der Waals surface area contributed by atoms with Crippen LogP contribution in [0.1, 0.15) is 45.1 Å². The summed E-state index contributed by atoms with van der Waals surface area (Å²) >= 11 is 11.9. The van der Waals surface area contributed by atoms with Crippen LogP contribution in [0, 0.1) is 0 Å². The summed E-state index contributed by atoms with van der Waals surface area (Å²) in [5.41, 5.74) is 1.33. The number of anilines is 1. The molecule has 2 rings (SSSR count). The van der Waals surface area contributed by atoms with Gasteiger partial charge in [0.15, 0.2) is 0 Å². The predicted molar refractivity (Wildman–Crippen MR) is 142 cm³/mol. The zero-order chi connectivity index (χ0) is 26.0. The maximum atomic E-state index is 13.3. The Kier molecular flexibility index (Phi) is 11.3. The first-order valence-electron chi connectivity index (χ1n) is 11.6. The Morgan fingerprint density at radius 1 is 0.971 bits per heavy atom. The number of nitrogens with one attached hydrogen (secondary N) is 1. The lowest BCUT2D eigenvalue weighted by Crippen LogP contribution is -2.49. The van der Waals surface area contributed by atoms with Crippen molar-refractivity contribution >= 4 is 50.7 Å². The smallest absolute Gasteiger partial charge is 0.242 e. The SMILES string of the molecule is CCCNC(=O)[C@H](CC)N(Cc1ccc(Cl)cc1)C(=O)CCCN(c1ccc(Cl)cc1)S(C)(=O)=O. The highest BCUT2D eigenvalue weighted by atomic mass is 35.5. The first kappa shape index (κ1) is 28.9. The summed E-state index contributed by atoms with van der Waals surface area (Å²) in [6.45, 7) is 4.74. The van der Waals surface area contributed by atoms with E-state index >= 15 is 0 Å². The lowest BCUT2D eigenvalue weighted by molar-refractivity contribution is -0.141. The van der Waals surface area contributed by atoms with Gasteiger partial charge < -0.3 is 10.2 Å². The van der Waals surface area contributed by atoms with E-state index in [4.69, 9.17) is 23.2 Å². The first-order chi connectivity index (χ1) is 16.6. The summed E-state index contributed by atoms with van der Waals surface area (Å²) in [4.78, 5) is 27.7. The second kappa shape index (κ2) is 13.7. The normalized spacial score (nSPS) is 12.1. The van der Waals surface area contributed by atoms with E-state index in [0.717, 1.165) is 18.2 Å². The summed E-state index contributed by atoms with van der Waals surface area (Å²) < 4.78 is 26.0. The Morgan fingerprint density at radius 3 is 2.06 bits per heavy atom. The molecule has 0 aromatic heterocycles. The van der Waals surface area contributed by atoms with Crippen molar-refractivity contribution in [1.29, 1.82) is 0 Å². The fraction of sp³-hybridized carbons (Fsp3) is 0.440. The van der Waals surface area contributed by atoms with Gasteiger partial charge in [0.2, 0.25) is 21.8 Å². The molecule has 0 fully saturated rings. The Labute approximate surface area is 218 Å². The van der Waals surface area contributed by atoms with Gasteiger partial charge in [0.1, 0.15) is 6.04 Å². The summed E-state index contributed by atoms with van der Waals surface area (Å²) in [5.74, 6) is -0.418. The molecule has 35 heavy (non-hydrogen) atoms. The van der Waals surface area contributed by atoms with Gasteiger partial charge in [0, 0.05) is 36.1 Å². The molecular weight excluding hydrogens is 509 g/mol. The van der Waals surface area contributed by atoms with Crippen LogP contribution < -0.4 is 9.62 Å². The maximum Gasteiger partial charge on any atom is 0.242 e. The van der Waals surface area contributed by atoms with Crippen molar-refractivity contribution in [2.45, 2.75) is 52.1 Å². The fourth-order valence-electron chi connectivity index (χ4n) is 3.68. The molecule has 0 aliphatic rings. The molecule has 0 heterocycles. The van der Waals surface area contributed by atoms with Crippen LogP contribution in [0.2, 0.25) is 10.0 Å². The molecule has 0 saturated carbocycles. The van der Waals surface area contributed by atoms with E-state index in [9.17, 15) is 18.0 Å². The molecule has 1 N–H and O–H groups in total. The number of sulfonamides is 1. The van der Waals surface area contributed by atoms with Crippen LogP contribution in [0.3, 0.4) is 0 Å². The molecule has 2 aromatic carbocycles. The van der Waals surface area contributed by atoms with Gasteiger partial charge in [-0.05, 0) is 61.2 Å². The van der Waals surface area contributed by atoms with Gasteiger partial charge in [-0.1, -0.05) is 49.2 Å². The van der Waals surface area contributed by atoms with Crippen molar-refractivity contribution in [3.05, 3.63) is 64.1 Å². The van der Waals surface area contributed by atoms with Gasteiger partial charge in [-0.15, -0.1) is 0 Å². The van der Waals surface area contributed by atoms with Crippen molar-refractivity contribution in [3.8, 4) is 0 Å². The molecule has 0 aliphatic heterocycles. The maximum absolute atomic E-state index is 13.3. The molecule has 0 bridgehead atoms. The van der Waals surface area contributed by atoms with Crippen molar-refractivity contribution in [2.24, 2.45) is 0 Å². The highest BCUT2D eigenvalue weighted by molar-refractivity contribution is 7.92. The standard InChI is InChI=1S/C25H33Cl2N3O4S/c1-4-16-28-25(32)23(5-2)29(18-19-8-10-20(26)11-9-19)24(31)7-6-17-30(35(3,33)34)22-14-12-21(27)13-15-22/h8-15,23H,4-7,16-18H2,1-3H3,(H,28,32)/t23-/m0/s1. The van der Waals surface area contributed by atoms with E-state index in [2.05, 4.69) is 5.32 Å².